The lowest BCUT2D eigenvalue weighted by molar-refractivity contribution is -0.121. The number of hydrogen-bond acceptors (Lipinski definition) is 2. The van der Waals surface area contributed by atoms with Gasteiger partial charge in [0.1, 0.15) is 11.6 Å². The fraction of sp³-hybridized carbons (Fsp3) is 0.391. The Labute approximate surface area is 169 Å². The molecule has 0 aromatic heterocycles. The molecule has 29 heavy (non-hydrogen) atoms. The van der Waals surface area contributed by atoms with Crippen LogP contribution >= 0.6 is 0 Å². The van der Waals surface area contributed by atoms with Crippen molar-refractivity contribution in [1.82, 2.24) is 4.90 Å². The molecule has 4 nitrogen and oxygen atoms in total. The first kappa shape index (κ1) is 21.0. The van der Waals surface area contributed by atoms with E-state index in [1.54, 1.807) is 0 Å². The average molecular weight is 400 g/mol. The summed E-state index contributed by atoms with van der Waals surface area (Å²) in [5.74, 6) is -2.34. The summed E-state index contributed by atoms with van der Waals surface area (Å²) in [7, 11) is 0. The van der Waals surface area contributed by atoms with Crippen LogP contribution in [-0.2, 0) is 10.2 Å². The number of nitrogens with zero attached hydrogens (tertiary/aromatic N) is 1. The van der Waals surface area contributed by atoms with E-state index in [0.717, 1.165) is 23.4 Å². The lowest BCUT2D eigenvalue weighted by Crippen LogP contribution is -2.41. The third-order valence-corrected chi connectivity index (χ3v) is 5.31. The second kappa shape index (κ2) is 8.31. The average Bonchev–Trinajstić information content (AvgIpc) is 2.67. The molecular weight excluding hydrogens is 374 g/mol. The molecule has 0 aliphatic carbocycles. The first-order valence-corrected chi connectivity index (χ1v) is 9.81. The summed E-state index contributed by atoms with van der Waals surface area (Å²) in [6.07, 6.45) is 0.996. The molecule has 2 aromatic rings. The highest BCUT2D eigenvalue weighted by Gasteiger charge is 2.29. The molecule has 154 valence electrons. The minimum atomic E-state index is -0.867. The standard InChI is InChI=1S/C23H26F2N2O2/c1-23(2,3)18-6-4-5-7-20(18)26-21(28)15-10-12-27(13-11-15)22(29)17-9-8-16(24)14-19(17)25/h4-9,14-15H,10-13H2,1-3H3,(H,26,28). The molecule has 1 saturated heterocycles. The van der Waals surface area contributed by atoms with Crippen molar-refractivity contribution in [1.29, 1.82) is 0 Å². The molecule has 0 spiro atoms. The van der Waals surface area contributed by atoms with Crippen LogP contribution in [0.25, 0.3) is 0 Å². The minimum Gasteiger partial charge on any atom is -0.339 e. The number of benzene rings is 2. The van der Waals surface area contributed by atoms with Gasteiger partial charge in [0.05, 0.1) is 5.56 Å². The van der Waals surface area contributed by atoms with Gasteiger partial charge < -0.3 is 10.2 Å². The summed E-state index contributed by atoms with van der Waals surface area (Å²) in [5, 5.41) is 3.03. The maximum atomic E-state index is 13.9. The molecule has 0 atom stereocenters. The Bertz CT molecular complexity index is 913. The number of likely N-dealkylation sites (tertiary alicyclic amines) is 1. The number of hydrogen-bond donors (Lipinski definition) is 1. The number of para-hydroxylation sites is 1. The molecule has 0 radical (unpaired) electrons. The number of nitrogens with one attached hydrogen (secondary N) is 1. The van der Waals surface area contributed by atoms with Gasteiger partial charge in [0.15, 0.2) is 0 Å². The smallest absolute Gasteiger partial charge is 0.256 e. The third-order valence-electron chi connectivity index (χ3n) is 5.31. The molecule has 1 aliphatic heterocycles. The maximum absolute atomic E-state index is 13.9. The van der Waals surface area contributed by atoms with Crippen molar-refractivity contribution in [2.45, 2.75) is 39.0 Å². The third kappa shape index (κ3) is 4.81. The SMILES string of the molecule is CC(C)(C)c1ccccc1NC(=O)C1CCN(C(=O)c2ccc(F)cc2F)CC1. The topological polar surface area (TPSA) is 49.4 Å². The quantitative estimate of drug-likeness (QED) is 0.808. The largest absolute Gasteiger partial charge is 0.339 e. The van der Waals surface area contributed by atoms with Crippen LogP contribution in [0.3, 0.4) is 0 Å². The summed E-state index contributed by atoms with van der Waals surface area (Å²) in [5.41, 5.74) is 1.62. The zero-order valence-electron chi connectivity index (χ0n) is 17.0. The van der Waals surface area contributed by atoms with E-state index in [4.69, 9.17) is 0 Å². The lowest BCUT2D eigenvalue weighted by atomic mass is 9.85. The molecule has 0 unspecified atom stereocenters. The molecule has 1 heterocycles. The van der Waals surface area contributed by atoms with Crippen molar-refractivity contribution in [2.24, 2.45) is 5.92 Å². The highest BCUT2D eigenvalue weighted by molar-refractivity contribution is 5.96. The molecule has 0 saturated carbocycles. The zero-order chi connectivity index (χ0) is 21.2. The summed E-state index contributed by atoms with van der Waals surface area (Å²) < 4.78 is 27.0. The van der Waals surface area contributed by atoms with E-state index in [-0.39, 0.29) is 22.8 Å². The predicted octanol–water partition coefficient (Wildman–Crippen LogP) is 4.75. The molecule has 1 fully saturated rings. The summed E-state index contributed by atoms with van der Waals surface area (Å²) in [4.78, 5) is 26.8. The predicted molar refractivity (Wildman–Crippen MR) is 109 cm³/mol. The van der Waals surface area contributed by atoms with Crippen molar-refractivity contribution < 1.29 is 18.4 Å². The summed E-state index contributed by atoms with van der Waals surface area (Å²) in [6, 6.07) is 10.7. The molecule has 2 amide bonds. The van der Waals surface area contributed by atoms with Gasteiger partial charge >= 0.3 is 0 Å². The molecular formula is C23H26F2N2O2. The first-order valence-electron chi connectivity index (χ1n) is 9.81. The molecule has 0 bridgehead atoms. The van der Waals surface area contributed by atoms with Crippen LogP contribution in [-0.4, -0.2) is 29.8 Å². The van der Waals surface area contributed by atoms with E-state index in [2.05, 4.69) is 26.1 Å². The van der Waals surface area contributed by atoms with Crippen LogP contribution in [0.15, 0.2) is 42.5 Å². The Hall–Kier alpha value is -2.76. The van der Waals surface area contributed by atoms with Crippen LogP contribution in [0.2, 0.25) is 0 Å². The Morgan fingerprint density at radius 1 is 1.03 bits per heavy atom. The Kier molecular flexibility index (Phi) is 6.01. The van der Waals surface area contributed by atoms with E-state index in [1.807, 2.05) is 24.3 Å². The van der Waals surface area contributed by atoms with Gasteiger partial charge in [-0.3, -0.25) is 9.59 Å². The number of halogens is 2. The number of amides is 2. The van der Waals surface area contributed by atoms with E-state index >= 15 is 0 Å². The number of anilines is 1. The van der Waals surface area contributed by atoms with Gasteiger partial charge in [0, 0.05) is 30.8 Å². The number of carbonyl (C=O) groups excluding carboxylic acids is 2. The molecule has 2 aromatic carbocycles. The van der Waals surface area contributed by atoms with Crippen LogP contribution in [0, 0.1) is 17.6 Å². The van der Waals surface area contributed by atoms with Crippen molar-refractivity contribution in [2.75, 3.05) is 18.4 Å². The highest BCUT2D eigenvalue weighted by atomic mass is 19.1. The van der Waals surface area contributed by atoms with Crippen molar-refractivity contribution in [3.05, 3.63) is 65.2 Å². The summed E-state index contributed by atoms with van der Waals surface area (Å²) >= 11 is 0. The van der Waals surface area contributed by atoms with Crippen LogP contribution in [0.4, 0.5) is 14.5 Å². The molecule has 1 aliphatic rings. The van der Waals surface area contributed by atoms with Gasteiger partial charge in [-0.05, 0) is 42.0 Å². The van der Waals surface area contributed by atoms with Gasteiger partial charge in [0.25, 0.3) is 5.91 Å². The number of rotatable bonds is 3. The molecule has 1 N–H and O–H groups in total. The van der Waals surface area contributed by atoms with Crippen LogP contribution in [0.1, 0.15) is 49.5 Å². The van der Waals surface area contributed by atoms with E-state index in [0.29, 0.717) is 32.0 Å². The van der Waals surface area contributed by atoms with Crippen molar-refractivity contribution in [3.8, 4) is 0 Å². The second-order valence-electron chi connectivity index (χ2n) is 8.48. The van der Waals surface area contributed by atoms with Gasteiger partial charge in [-0.1, -0.05) is 39.0 Å². The number of piperidine rings is 1. The van der Waals surface area contributed by atoms with Crippen LogP contribution < -0.4 is 5.32 Å². The first-order chi connectivity index (χ1) is 13.7. The van der Waals surface area contributed by atoms with Crippen molar-refractivity contribution >= 4 is 17.5 Å². The maximum Gasteiger partial charge on any atom is 0.256 e. The van der Waals surface area contributed by atoms with E-state index in [1.165, 1.54) is 4.90 Å². The van der Waals surface area contributed by atoms with Crippen molar-refractivity contribution in [3.63, 3.8) is 0 Å². The zero-order valence-corrected chi connectivity index (χ0v) is 17.0. The Morgan fingerprint density at radius 2 is 1.69 bits per heavy atom. The van der Waals surface area contributed by atoms with Crippen LogP contribution in [0.5, 0.6) is 0 Å². The number of carbonyl (C=O) groups is 2. The highest BCUT2D eigenvalue weighted by Crippen LogP contribution is 2.30. The molecule has 6 heteroatoms. The van der Waals surface area contributed by atoms with E-state index in [9.17, 15) is 18.4 Å². The fourth-order valence-electron chi connectivity index (χ4n) is 3.66. The van der Waals surface area contributed by atoms with Gasteiger partial charge in [-0.2, -0.15) is 0 Å². The van der Waals surface area contributed by atoms with Gasteiger partial charge in [-0.25, -0.2) is 8.78 Å². The monoisotopic (exact) mass is 400 g/mol. The van der Waals surface area contributed by atoms with Gasteiger partial charge in [-0.15, -0.1) is 0 Å². The van der Waals surface area contributed by atoms with Gasteiger partial charge in [0.2, 0.25) is 5.91 Å². The lowest BCUT2D eigenvalue weighted by Gasteiger charge is -2.32. The summed E-state index contributed by atoms with van der Waals surface area (Å²) in [6.45, 7) is 6.99. The minimum absolute atomic E-state index is 0.0678. The second-order valence-corrected chi connectivity index (χ2v) is 8.48. The Balaban J connectivity index is 1.62. The fourth-order valence-corrected chi connectivity index (χ4v) is 3.66. The molecule has 3 rings (SSSR count). The van der Waals surface area contributed by atoms with E-state index < -0.39 is 17.5 Å². The Morgan fingerprint density at radius 3 is 2.31 bits per heavy atom. The normalized spacial score (nSPS) is 15.3.